The Bertz CT molecular complexity index is 1800. The summed E-state index contributed by atoms with van der Waals surface area (Å²) in [6.07, 6.45) is 0. The van der Waals surface area contributed by atoms with E-state index in [0.29, 0.717) is 31.3 Å². The highest BCUT2D eigenvalue weighted by atomic mass is 32.1. The van der Waals surface area contributed by atoms with Crippen molar-refractivity contribution in [1.82, 2.24) is 0 Å². The van der Waals surface area contributed by atoms with Crippen LogP contribution in [-0.4, -0.2) is 18.3 Å². The SMILES string of the molecule is [2H]c1c([2H])c(-c2ccc(-c3ccccc3)cc2)c2c(sc3c([2H])c(B4OC(C)(C)C(C)(C)O4)c([2H])c([2H])c32)c1[2H]. The van der Waals surface area contributed by atoms with E-state index in [1.165, 1.54) is 0 Å². The third-order valence-electron chi connectivity index (χ3n) is 6.86. The maximum absolute atomic E-state index is 9.10. The lowest BCUT2D eigenvalue weighted by atomic mass is 9.79. The molecule has 0 amide bonds. The molecule has 0 aliphatic carbocycles. The lowest BCUT2D eigenvalue weighted by Crippen LogP contribution is -2.41. The summed E-state index contributed by atoms with van der Waals surface area (Å²) in [5.41, 5.74) is 1.98. The normalized spacial score (nSPS) is 19.5. The van der Waals surface area contributed by atoms with Gasteiger partial charge in [-0.05, 0) is 67.5 Å². The molecular formula is C30H27BO2S. The molecule has 0 bridgehead atoms. The Balaban J connectivity index is 1.61. The van der Waals surface area contributed by atoms with Crippen molar-refractivity contribution in [2.75, 3.05) is 0 Å². The molecule has 1 aliphatic heterocycles. The third-order valence-corrected chi connectivity index (χ3v) is 7.88. The third kappa shape index (κ3) is 3.49. The van der Waals surface area contributed by atoms with Crippen LogP contribution in [0.3, 0.4) is 0 Å². The van der Waals surface area contributed by atoms with Gasteiger partial charge >= 0.3 is 7.12 Å². The molecule has 0 radical (unpaired) electrons. The van der Waals surface area contributed by atoms with E-state index in [1.54, 1.807) is 0 Å². The summed E-state index contributed by atoms with van der Waals surface area (Å²) in [6, 6.07) is 16.9. The van der Waals surface area contributed by atoms with Crippen molar-refractivity contribution in [2.24, 2.45) is 0 Å². The average Bonchev–Trinajstić information content (AvgIpc) is 3.41. The summed E-state index contributed by atoms with van der Waals surface area (Å²) in [5, 5.41) is 0.810. The van der Waals surface area contributed by atoms with Crippen molar-refractivity contribution < 1.29 is 17.5 Å². The molecule has 2 heterocycles. The zero-order valence-corrected chi connectivity index (χ0v) is 20.3. The molecule has 4 heteroatoms. The van der Waals surface area contributed by atoms with Crippen LogP contribution in [0.25, 0.3) is 42.4 Å². The molecule has 1 aliphatic rings. The number of benzene rings is 4. The summed E-state index contributed by atoms with van der Waals surface area (Å²) < 4.78 is 66.2. The van der Waals surface area contributed by atoms with Crippen molar-refractivity contribution in [3.05, 3.63) is 90.9 Å². The molecule has 0 atom stereocenters. The number of hydrogen-bond donors (Lipinski definition) is 0. The first kappa shape index (κ1) is 15.9. The summed E-state index contributed by atoms with van der Waals surface area (Å²) in [5.74, 6) is 0. The first-order chi connectivity index (χ1) is 18.8. The van der Waals surface area contributed by atoms with Gasteiger partial charge in [-0.2, -0.15) is 0 Å². The summed E-state index contributed by atoms with van der Waals surface area (Å²) >= 11 is 1.15. The Hall–Kier alpha value is -2.92. The van der Waals surface area contributed by atoms with Crippen LogP contribution >= 0.6 is 11.3 Å². The van der Waals surface area contributed by atoms with E-state index in [-0.39, 0.29) is 41.7 Å². The highest BCUT2D eigenvalue weighted by molar-refractivity contribution is 7.26. The van der Waals surface area contributed by atoms with Crippen LogP contribution in [0.5, 0.6) is 0 Å². The van der Waals surface area contributed by atoms with Crippen LogP contribution < -0.4 is 5.46 Å². The van der Waals surface area contributed by atoms with Crippen LogP contribution in [0.2, 0.25) is 0 Å². The quantitative estimate of drug-likeness (QED) is 0.253. The fourth-order valence-electron chi connectivity index (χ4n) is 4.22. The van der Waals surface area contributed by atoms with Gasteiger partial charge in [-0.1, -0.05) is 78.8 Å². The second kappa shape index (κ2) is 7.81. The van der Waals surface area contributed by atoms with E-state index in [2.05, 4.69) is 0 Å². The smallest absolute Gasteiger partial charge is 0.399 e. The highest BCUT2D eigenvalue weighted by Crippen LogP contribution is 2.41. The number of thiophene rings is 1. The van der Waals surface area contributed by atoms with Crippen LogP contribution in [-0.2, 0) is 9.31 Å². The predicted octanol–water partition coefficient (Wildman–Crippen LogP) is 7.69. The predicted molar refractivity (Wildman–Crippen MR) is 146 cm³/mol. The topological polar surface area (TPSA) is 18.5 Å². The van der Waals surface area contributed by atoms with Gasteiger partial charge in [0, 0.05) is 20.2 Å². The number of rotatable bonds is 3. The standard InChI is InChI=1S/C30H27BO2S/c1-29(2)30(3,4)33-31(32-29)23-17-18-25-27(19-23)34-26-12-8-11-24(28(25)26)22-15-13-21(14-16-22)20-9-6-5-7-10-20/h5-19H,1-4H3/i8D,11D,12D,17D,18D,19D. The molecule has 0 saturated carbocycles. The summed E-state index contributed by atoms with van der Waals surface area (Å²) in [7, 11) is -0.984. The Kier molecular flexibility index (Phi) is 3.65. The lowest BCUT2D eigenvalue weighted by Gasteiger charge is -2.32. The van der Waals surface area contributed by atoms with Gasteiger partial charge in [0.2, 0.25) is 0 Å². The van der Waals surface area contributed by atoms with Gasteiger partial charge in [0.1, 0.15) is 0 Å². The summed E-state index contributed by atoms with van der Waals surface area (Å²) in [4.78, 5) is 0. The van der Waals surface area contributed by atoms with Gasteiger partial charge in [0.05, 0.1) is 19.4 Å². The number of fused-ring (bicyclic) bond motifs is 3. The van der Waals surface area contributed by atoms with Crippen molar-refractivity contribution >= 4 is 44.1 Å². The molecule has 5 aromatic rings. The largest absolute Gasteiger partial charge is 0.494 e. The van der Waals surface area contributed by atoms with E-state index in [4.69, 9.17) is 17.5 Å². The Morgan fingerprint density at radius 2 is 1.38 bits per heavy atom. The van der Waals surface area contributed by atoms with Crippen molar-refractivity contribution in [2.45, 2.75) is 38.9 Å². The van der Waals surface area contributed by atoms with Gasteiger partial charge in [-0.3, -0.25) is 0 Å². The van der Waals surface area contributed by atoms with Crippen LogP contribution in [0.4, 0.5) is 0 Å². The van der Waals surface area contributed by atoms with Crippen LogP contribution in [0.1, 0.15) is 35.9 Å². The van der Waals surface area contributed by atoms with Gasteiger partial charge < -0.3 is 9.31 Å². The maximum atomic E-state index is 9.10. The molecule has 4 aromatic carbocycles. The summed E-state index contributed by atoms with van der Waals surface area (Å²) in [6.45, 7) is 7.58. The molecule has 34 heavy (non-hydrogen) atoms. The molecular weight excluding hydrogens is 435 g/mol. The first-order valence-electron chi connectivity index (χ1n) is 14.3. The highest BCUT2D eigenvalue weighted by Gasteiger charge is 2.51. The van der Waals surface area contributed by atoms with E-state index < -0.39 is 18.3 Å². The molecule has 0 N–H and O–H groups in total. The second-order valence-corrected chi connectivity index (χ2v) is 10.6. The Labute approximate surface area is 213 Å². The minimum atomic E-state index is -0.984. The zero-order chi connectivity index (χ0) is 28.7. The van der Waals surface area contributed by atoms with Crippen molar-refractivity contribution in [3.8, 4) is 22.3 Å². The van der Waals surface area contributed by atoms with E-state index in [9.17, 15) is 0 Å². The zero-order valence-electron chi connectivity index (χ0n) is 25.5. The van der Waals surface area contributed by atoms with Gasteiger partial charge in [-0.15, -0.1) is 11.3 Å². The van der Waals surface area contributed by atoms with E-state index in [0.717, 1.165) is 22.5 Å². The average molecular weight is 468 g/mol. The molecule has 168 valence electrons. The first-order valence-corrected chi connectivity index (χ1v) is 12.1. The molecule has 0 spiro atoms. The van der Waals surface area contributed by atoms with Crippen molar-refractivity contribution in [3.63, 3.8) is 0 Å². The van der Waals surface area contributed by atoms with Crippen molar-refractivity contribution in [1.29, 1.82) is 0 Å². The van der Waals surface area contributed by atoms with Crippen LogP contribution in [0.15, 0.2) is 90.9 Å². The van der Waals surface area contributed by atoms with Gasteiger partial charge in [-0.25, -0.2) is 0 Å². The number of hydrogen-bond acceptors (Lipinski definition) is 3. The monoisotopic (exact) mass is 468 g/mol. The fourth-order valence-corrected chi connectivity index (χ4v) is 5.25. The second-order valence-electron chi connectivity index (χ2n) is 9.58. The fraction of sp³-hybridized carbons (Fsp3) is 0.200. The molecule has 1 saturated heterocycles. The van der Waals surface area contributed by atoms with Crippen LogP contribution in [0, 0.1) is 0 Å². The minimum Gasteiger partial charge on any atom is -0.399 e. The molecule has 1 aromatic heterocycles. The van der Waals surface area contributed by atoms with E-state index >= 15 is 0 Å². The van der Waals surface area contributed by atoms with Gasteiger partial charge in [0.15, 0.2) is 0 Å². The Morgan fingerprint density at radius 3 is 2.09 bits per heavy atom. The lowest BCUT2D eigenvalue weighted by molar-refractivity contribution is 0.00578. The maximum Gasteiger partial charge on any atom is 0.494 e. The Morgan fingerprint density at radius 1 is 0.735 bits per heavy atom. The van der Waals surface area contributed by atoms with E-state index in [1.807, 2.05) is 82.3 Å². The molecule has 6 rings (SSSR count). The molecule has 1 fully saturated rings. The molecule has 2 nitrogen and oxygen atoms in total. The minimum absolute atomic E-state index is 0.0125. The van der Waals surface area contributed by atoms with Gasteiger partial charge in [0.25, 0.3) is 0 Å². The molecule has 0 unspecified atom stereocenters.